The van der Waals surface area contributed by atoms with Crippen LogP contribution in [0.2, 0.25) is 0 Å². The standard InChI is InChI=1S/C19H20FN3O2/c1-19(12-17(22-25-19)13-5-4-6-14(20)11-13)18(24)21-15-7-9-16(10-8-15)23(2)3/h4-11H,12H2,1-3H3,(H,21,24). The lowest BCUT2D eigenvalue weighted by molar-refractivity contribution is -0.135. The van der Waals surface area contributed by atoms with Crippen molar-refractivity contribution in [1.29, 1.82) is 0 Å². The Labute approximate surface area is 146 Å². The maximum Gasteiger partial charge on any atom is 0.271 e. The molecule has 1 aliphatic rings. The molecule has 0 saturated carbocycles. The van der Waals surface area contributed by atoms with Crippen LogP contribution in [-0.2, 0) is 9.63 Å². The molecule has 0 aliphatic carbocycles. The largest absolute Gasteiger partial charge is 0.379 e. The molecule has 1 unspecified atom stereocenters. The van der Waals surface area contributed by atoms with E-state index in [2.05, 4.69) is 10.5 Å². The summed E-state index contributed by atoms with van der Waals surface area (Å²) in [7, 11) is 3.90. The summed E-state index contributed by atoms with van der Waals surface area (Å²) in [5.74, 6) is -0.639. The highest BCUT2D eigenvalue weighted by Crippen LogP contribution is 2.28. The molecular formula is C19H20FN3O2. The summed E-state index contributed by atoms with van der Waals surface area (Å²) >= 11 is 0. The Morgan fingerprint density at radius 1 is 1.24 bits per heavy atom. The highest BCUT2D eigenvalue weighted by Gasteiger charge is 2.42. The predicted molar refractivity (Wildman–Crippen MR) is 96.4 cm³/mol. The van der Waals surface area contributed by atoms with Gasteiger partial charge in [-0.05, 0) is 43.3 Å². The molecule has 0 bridgehead atoms. The number of nitrogens with one attached hydrogen (secondary N) is 1. The third-order valence-electron chi connectivity index (χ3n) is 4.14. The first kappa shape index (κ1) is 17.0. The van der Waals surface area contributed by atoms with Gasteiger partial charge in [0.2, 0.25) is 5.60 Å². The molecule has 2 aromatic carbocycles. The Morgan fingerprint density at radius 2 is 1.96 bits per heavy atom. The van der Waals surface area contributed by atoms with Gasteiger partial charge in [0.1, 0.15) is 5.82 Å². The van der Waals surface area contributed by atoms with Crippen LogP contribution in [0.15, 0.2) is 53.7 Å². The molecular weight excluding hydrogens is 321 g/mol. The molecule has 25 heavy (non-hydrogen) atoms. The van der Waals surface area contributed by atoms with Gasteiger partial charge >= 0.3 is 0 Å². The van der Waals surface area contributed by atoms with E-state index in [4.69, 9.17) is 4.84 Å². The summed E-state index contributed by atoms with van der Waals surface area (Å²) in [6.07, 6.45) is 0.276. The zero-order valence-corrected chi connectivity index (χ0v) is 14.4. The lowest BCUT2D eigenvalue weighted by Crippen LogP contribution is -2.40. The van der Waals surface area contributed by atoms with Gasteiger partial charge < -0.3 is 15.1 Å². The zero-order valence-electron chi connectivity index (χ0n) is 14.4. The normalized spacial score (nSPS) is 19.1. The van der Waals surface area contributed by atoms with Crippen LogP contribution in [0.3, 0.4) is 0 Å². The van der Waals surface area contributed by atoms with Gasteiger partial charge in [-0.15, -0.1) is 0 Å². The van der Waals surface area contributed by atoms with Crippen molar-refractivity contribution in [2.75, 3.05) is 24.3 Å². The van der Waals surface area contributed by atoms with E-state index in [0.717, 1.165) is 5.69 Å². The fourth-order valence-corrected chi connectivity index (χ4v) is 2.59. The first-order valence-corrected chi connectivity index (χ1v) is 7.97. The highest BCUT2D eigenvalue weighted by molar-refractivity contribution is 6.07. The van der Waals surface area contributed by atoms with Crippen LogP contribution in [0, 0.1) is 5.82 Å². The van der Waals surface area contributed by atoms with Gasteiger partial charge in [0, 0.05) is 37.5 Å². The molecule has 2 aromatic rings. The second-order valence-corrected chi connectivity index (χ2v) is 6.44. The summed E-state index contributed by atoms with van der Waals surface area (Å²) in [5, 5.41) is 6.83. The number of rotatable bonds is 4. The lowest BCUT2D eigenvalue weighted by atomic mass is 9.95. The van der Waals surface area contributed by atoms with Crippen molar-refractivity contribution >= 4 is 23.0 Å². The number of hydrogen-bond acceptors (Lipinski definition) is 4. The zero-order chi connectivity index (χ0) is 18.0. The van der Waals surface area contributed by atoms with Crippen molar-refractivity contribution in [3.05, 3.63) is 59.9 Å². The Balaban J connectivity index is 1.68. The lowest BCUT2D eigenvalue weighted by Gasteiger charge is -2.21. The van der Waals surface area contributed by atoms with Crippen LogP contribution in [0.4, 0.5) is 15.8 Å². The molecule has 1 heterocycles. The van der Waals surface area contributed by atoms with E-state index in [1.54, 1.807) is 19.1 Å². The maximum atomic E-state index is 13.4. The van der Waals surface area contributed by atoms with Crippen molar-refractivity contribution in [3.63, 3.8) is 0 Å². The minimum atomic E-state index is -1.12. The van der Waals surface area contributed by atoms with Crippen LogP contribution >= 0.6 is 0 Å². The fraction of sp³-hybridized carbons (Fsp3) is 0.263. The van der Waals surface area contributed by atoms with E-state index in [1.807, 2.05) is 43.3 Å². The van der Waals surface area contributed by atoms with Crippen molar-refractivity contribution < 1.29 is 14.0 Å². The molecule has 1 aliphatic heterocycles. The Hall–Kier alpha value is -2.89. The number of carbonyl (C=O) groups excluding carboxylic acids is 1. The summed E-state index contributed by atoms with van der Waals surface area (Å²) in [6, 6.07) is 13.6. The monoisotopic (exact) mass is 341 g/mol. The third-order valence-corrected chi connectivity index (χ3v) is 4.14. The second-order valence-electron chi connectivity index (χ2n) is 6.44. The number of anilines is 2. The van der Waals surface area contributed by atoms with E-state index in [-0.39, 0.29) is 18.1 Å². The maximum absolute atomic E-state index is 13.4. The Kier molecular flexibility index (Phi) is 4.44. The smallest absolute Gasteiger partial charge is 0.271 e. The number of benzene rings is 2. The van der Waals surface area contributed by atoms with Gasteiger partial charge in [-0.25, -0.2) is 4.39 Å². The average Bonchev–Trinajstić information content (AvgIpc) is 2.99. The molecule has 1 N–H and O–H groups in total. The number of hydrogen-bond donors (Lipinski definition) is 1. The Morgan fingerprint density at radius 3 is 2.60 bits per heavy atom. The average molecular weight is 341 g/mol. The number of amides is 1. The SMILES string of the molecule is CN(C)c1ccc(NC(=O)C2(C)CC(c3cccc(F)c3)=NO2)cc1. The quantitative estimate of drug-likeness (QED) is 0.927. The van der Waals surface area contributed by atoms with Crippen molar-refractivity contribution in [2.24, 2.45) is 5.16 Å². The van der Waals surface area contributed by atoms with Gasteiger partial charge in [-0.2, -0.15) is 0 Å². The minimum Gasteiger partial charge on any atom is -0.379 e. The molecule has 6 heteroatoms. The minimum absolute atomic E-state index is 0.276. The van der Waals surface area contributed by atoms with Crippen LogP contribution in [-0.4, -0.2) is 31.3 Å². The van der Waals surface area contributed by atoms with E-state index in [1.165, 1.54) is 12.1 Å². The molecule has 5 nitrogen and oxygen atoms in total. The first-order valence-electron chi connectivity index (χ1n) is 7.97. The van der Waals surface area contributed by atoms with E-state index >= 15 is 0 Å². The van der Waals surface area contributed by atoms with Gasteiger partial charge in [0.25, 0.3) is 5.91 Å². The summed E-state index contributed by atoms with van der Waals surface area (Å²) < 4.78 is 13.4. The topological polar surface area (TPSA) is 53.9 Å². The highest BCUT2D eigenvalue weighted by atomic mass is 19.1. The second kappa shape index (κ2) is 6.55. The molecule has 3 rings (SSSR count). The summed E-state index contributed by atoms with van der Waals surface area (Å²) in [5.41, 5.74) is 1.77. The van der Waals surface area contributed by atoms with E-state index in [0.29, 0.717) is 17.0 Å². The van der Waals surface area contributed by atoms with Crippen LogP contribution in [0.5, 0.6) is 0 Å². The molecule has 1 amide bonds. The number of nitrogens with zero attached hydrogens (tertiary/aromatic N) is 2. The molecule has 0 aromatic heterocycles. The molecule has 0 saturated heterocycles. The van der Waals surface area contributed by atoms with Gasteiger partial charge in [-0.1, -0.05) is 17.3 Å². The molecule has 1 atom stereocenters. The van der Waals surface area contributed by atoms with Gasteiger partial charge in [0.05, 0.1) is 5.71 Å². The van der Waals surface area contributed by atoms with Gasteiger partial charge in [-0.3, -0.25) is 4.79 Å². The molecule has 130 valence electrons. The fourth-order valence-electron chi connectivity index (χ4n) is 2.59. The summed E-state index contributed by atoms with van der Waals surface area (Å²) in [6.45, 7) is 1.67. The van der Waals surface area contributed by atoms with Crippen LogP contribution < -0.4 is 10.2 Å². The summed E-state index contributed by atoms with van der Waals surface area (Å²) in [4.78, 5) is 20.0. The molecule has 0 fully saturated rings. The van der Waals surface area contributed by atoms with E-state index < -0.39 is 5.60 Å². The number of oxime groups is 1. The Bertz CT molecular complexity index is 818. The number of halogens is 1. The van der Waals surface area contributed by atoms with Crippen LogP contribution in [0.25, 0.3) is 0 Å². The predicted octanol–water partition coefficient (Wildman–Crippen LogP) is 3.41. The van der Waals surface area contributed by atoms with Crippen LogP contribution in [0.1, 0.15) is 18.9 Å². The third kappa shape index (κ3) is 3.63. The molecule has 0 spiro atoms. The first-order chi connectivity index (χ1) is 11.9. The number of carbonyl (C=O) groups is 1. The van der Waals surface area contributed by atoms with Crippen molar-refractivity contribution in [1.82, 2.24) is 0 Å². The molecule has 0 radical (unpaired) electrons. The van der Waals surface area contributed by atoms with Crippen molar-refractivity contribution in [3.8, 4) is 0 Å². The van der Waals surface area contributed by atoms with E-state index in [9.17, 15) is 9.18 Å². The van der Waals surface area contributed by atoms with Gasteiger partial charge in [0.15, 0.2) is 0 Å². The van der Waals surface area contributed by atoms with Crippen molar-refractivity contribution in [2.45, 2.75) is 18.9 Å².